The van der Waals surface area contributed by atoms with E-state index in [4.69, 9.17) is 5.26 Å². The Bertz CT molecular complexity index is 137. The fourth-order valence-electron chi connectivity index (χ4n) is 0.427. The van der Waals surface area contributed by atoms with E-state index in [-0.39, 0.29) is 19.0 Å². The van der Waals surface area contributed by atoms with Crippen molar-refractivity contribution in [2.75, 3.05) is 6.61 Å². The highest BCUT2D eigenvalue weighted by Gasteiger charge is 1.98. The third kappa shape index (κ3) is 5.10. The molecule has 0 atom stereocenters. The van der Waals surface area contributed by atoms with Gasteiger partial charge in [-0.2, -0.15) is 5.26 Å². The highest BCUT2D eigenvalue weighted by molar-refractivity contribution is 5.69. The second-order valence-corrected chi connectivity index (χ2v) is 1.73. The van der Waals surface area contributed by atoms with E-state index in [0.29, 0.717) is 12.8 Å². The van der Waals surface area contributed by atoms with E-state index < -0.39 is 0 Å². The van der Waals surface area contributed by atoms with E-state index >= 15 is 0 Å². The standard InChI is InChI=1S/C7H10NO2/c1-2-4-7(9)10-6-3-5-8/h1-4,6H2. The third-order valence-electron chi connectivity index (χ3n) is 0.858. The van der Waals surface area contributed by atoms with Gasteiger partial charge in [-0.05, 0) is 6.42 Å². The van der Waals surface area contributed by atoms with Gasteiger partial charge in [0.1, 0.15) is 6.61 Å². The van der Waals surface area contributed by atoms with Crippen molar-refractivity contribution >= 4 is 5.97 Å². The first-order chi connectivity index (χ1) is 4.81. The number of ether oxygens (including phenoxy) is 1. The molecule has 0 aromatic carbocycles. The Morgan fingerprint density at radius 1 is 1.70 bits per heavy atom. The minimum Gasteiger partial charge on any atom is -0.465 e. The van der Waals surface area contributed by atoms with E-state index in [2.05, 4.69) is 11.7 Å². The monoisotopic (exact) mass is 140 g/mol. The Kier molecular flexibility index (Phi) is 5.45. The van der Waals surface area contributed by atoms with Gasteiger partial charge >= 0.3 is 5.97 Å². The molecule has 0 saturated heterocycles. The van der Waals surface area contributed by atoms with Gasteiger partial charge < -0.3 is 4.74 Å². The van der Waals surface area contributed by atoms with Crippen LogP contribution in [0.3, 0.4) is 0 Å². The second-order valence-electron chi connectivity index (χ2n) is 1.73. The van der Waals surface area contributed by atoms with E-state index in [1.54, 1.807) is 0 Å². The van der Waals surface area contributed by atoms with Crippen LogP contribution in [0.2, 0.25) is 0 Å². The van der Waals surface area contributed by atoms with Gasteiger partial charge in [-0.15, -0.1) is 0 Å². The van der Waals surface area contributed by atoms with Gasteiger partial charge in [0.2, 0.25) is 0 Å². The lowest BCUT2D eigenvalue weighted by Crippen LogP contribution is -2.04. The molecule has 3 nitrogen and oxygen atoms in total. The first kappa shape index (κ1) is 8.96. The summed E-state index contributed by atoms with van der Waals surface area (Å²) in [5.74, 6) is -0.273. The highest BCUT2D eigenvalue weighted by atomic mass is 16.5. The smallest absolute Gasteiger partial charge is 0.305 e. The zero-order chi connectivity index (χ0) is 7.82. The summed E-state index contributed by atoms with van der Waals surface area (Å²) in [6, 6.07) is 1.87. The number of hydrogen-bond donors (Lipinski definition) is 0. The lowest BCUT2D eigenvalue weighted by Gasteiger charge is -1.98. The Labute approximate surface area is 60.6 Å². The molecule has 0 rings (SSSR count). The number of hydrogen-bond acceptors (Lipinski definition) is 3. The Morgan fingerprint density at radius 3 is 2.90 bits per heavy atom. The van der Waals surface area contributed by atoms with Gasteiger partial charge in [0.15, 0.2) is 0 Å². The van der Waals surface area contributed by atoms with Crippen LogP contribution in [0.25, 0.3) is 0 Å². The second kappa shape index (κ2) is 6.09. The van der Waals surface area contributed by atoms with Crippen molar-refractivity contribution in [3.05, 3.63) is 6.92 Å². The molecule has 0 aromatic heterocycles. The van der Waals surface area contributed by atoms with E-state index in [1.165, 1.54) is 0 Å². The molecule has 0 fully saturated rings. The summed E-state index contributed by atoms with van der Waals surface area (Å²) in [6.45, 7) is 3.69. The van der Waals surface area contributed by atoms with Gasteiger partial charge in [-0.1, -0.05) is 6.92 Å². The molecule has 0 N–H and O–H groups in total. The Hall–Kier alpha value is -1.04. The molecule has 55 valence electrons. The number of esters is 1. The fourth-order valence-corrected chi connectivity index (χ4v) is 0.427. The molecule has 3 heteroatoms. The molecule has 0 amide bonds. The highest BCUT2D eigenvalue weighted by Crippen LogP contribution is 1.91. The first-order valence-corrected chi connectivity index (χ1v) is 3.13. The van der Waals surface area contributed by atoms with Crippen LogP contribution in [0.15, 0.2) is 0 Å². The molecule has 0 aliphatic rings. The SMILES string of the molecule is [CH2]CCC(=O)OCCC#N. The molecule has 0 unspecified atom stereocenters. The average molecular weight is 140 g/mol. The van der Waals surface area contributed by atoms with Crippen LogP contribution in [0.4, 0.5) is 0 Å². The zero-order valence-corrected chi connectivity index (χ0v) is 5.80. The van der Waals surface area contributed by atoms with Crippen molar-refractivity contribution in [1.82, 2.24) is 0 Å². The van der Waals surface area contributed by atoms with Gasteiger partial charge in [0.25, 0.3) is 0 Å². The molecule has 0 aliphatic heterocycles. The van der Waals surface area contributed by atoms with Crippen molar-refractivity contribution in [2.24, 2.45) is 0 Å². The van der Waals surface area contributed by atoms with Crippen LogP contribution in [0.5, 0.6) is 0 Å². The van der Waals surface area contributed by atoms with Crippen molar-refractivity contribution in [3.8, 4) is 6.07 Å². The molecule has 1 radical (unpaired) electrons. The average Bonchev–Trinajstić information content (AvgIpc) is 1.89. The zero-order valence-electron chi connectivity index (χ0n) is 5.80. The molecule has 0 aliphatic carbocycles. The number of rotatable bonds is 4. The molecular formula is C7H10NO2. The van der Waals surface area contributed by atoms with Crippen molar-refractivity contribution in [3.63, 3.8) is 0 Å². The quantitative estimate of drug-likeness (QED) is 0.433. The summed E-state index contributed by atoms with van der Waals surface area (Å²) in [7, 11) is 0. The summed E-state index contributed by atoms with van der Waals surface area (Å²) in [4.78, 5) is 10.5. The fraction of sp³-hybridized carbons (Fsp3) is 0.571. The Morgan fingerprint density at radius 2 is 2.40 bits per heavy atom. The summed E-state index contributed by atoms with van der Waals surface area (Å²) in [6.07, 6.45) is 1.15. The largest absolute Gasteiger partial charge is 0.465 e. The maximum atomic E-state index is 10.5. The predicted octanol–water partition coefficient (Wildman–Crippen LogP) is 1.06. The summed E-state index contributed by atoms with van der Waals surface area (Å²) < 4.78 is 4.62. The van der Waals surface area contributed by atoms with E-state index in [1.807, 2.05) is 6.07 Å². The summed E-state index contributed by atoms with van der Waals surface area (Å²) in [5.41, 5.74) is 0. The lowest BCUT2D eigenvalue weighted by molar-refractivity contribution is -0.143. The van der Waals surface area contributed by atoms with Gasteiger partial charge in [-0.3, -0.25) is 4.79 Å². The first-order valence-electron chi connectivity index (χ1n) is 3.13. The van der Waals surface area contributed by atoms with Crippen LogP contribution >= 0.6 is 0 Å². The minimum atomic E-state index is -0.273. The number of carbonyl (C=O) groups is 1. The van der Waals surface area contributed by atoms with Crippen LogP contribution in [0, 0.1) is 18.3 Å². The summed E-state index contributed by atoms with van der Waals surface area (Å²) >= 11 is 0. The van der Waals surface area contributed by atoms with Crippen molar-refractivity contribution in [2.45, 2.75) is 19.3 Å². The van der Waals surface area contributed by atoms with Crippen LogP contribution < -0.4 is 0 Å². The normalized spacial score (nSPS) is 8.40. The van der Waals surface area contributed by atoms with Gasteiger partial charge in [-0.25, -0.2) is 0 Å². The van der Waals surface area contributed by atoms with Crippen molar-refractivity contribution < 1.29 is 9.53 Å². The number of nitriles is 1. The molecule has 0 saturated carbocycles. The number of nitrogens with zero attached hydrogens (tertiary/aromatic N) is 1. The molecule has 0 heterocycles. The Balaban J connectivity index is 3.15. The molecule has 0 bridgehead atoms. The maximum absolute atomic E-state index is 10.5. The molecule has 10 heavy (non-hydrogen) atoms. The van der Waals surface area contributed by atoms with Gasteiger partial charge in [0.05, 0.1) is 12.5 Å². The van der Waals surface area contributed by atoms with Crippen LogP contribution in [-0.4, -0.2) is 12.6 Å². The molecule has 0 spiro atoms. The predicted molar refractivity (Wildman–Crippen MR) is 35.8 cm³/mol. The van der Waals surface area contributed by atoms with Crippen LogP contribution in [0.1, 0.15) is 19.3 Å². The molecular weight excluding hydrogens is 130 g/mol. The van der Waals surface area contributed by atoms with Crippen molar-refractivity contribution in [1.29, 1.82) is 5.26 Å². The minimum absolute atomic E-state index is 0.204. The van der Waals surface area contributed by atoms with Crippen LogP contribution in [-0.2, 0) is 9.53 Å². The lowest BCUT2D eigenvalue weighted by atomic mass is 10.3. The topological polar surface area (TPSA) is 50.1 Å². The van der Waals surface area contributed by atoms with E-state index in [0.717, 1.165) is 0 Å². The summed E-state index contributed by atoms with van der Waals surface area (Å²) in [5, 5.41) is 8.06. The third-order valence-corrected chi connectivity index (χ3v) is 0.858. The maximum Gasteiger partial charge on any atom is 0.305 e. The van der Waals surface area contributed by atoms with E-state index in [9.17, 15) is 4.79 Å². The number of carbonyl (C=O) groups excluding carboxylic acids is 1. The van der Waals surface area contributed by atoms with Gasteiger partial charge in [0, 0.05) is 6.42 Å². The molecule has 0 aromatic rings.